The molecule has 0 aliphatic carbocycles. The maximum atomic E-state index is 12.9. The molecule has 8 nitrogen and oxygen atoms in total. The van der Waals surface area contributed by atoms with E-state index in [0.29, 0.717) is 10.9 Å². The molecule has 0 aliphatic heterocycles. The summed E-state index contributed by atoms with van der Waals surface area (Å²) in [4.78, 5) is 39.2. The number of anilines is 1. The van der Waals surface area contributed by atoms with Gasteiger partial charge >= 0.3 is 12.1 Å². The molecule has 2 aromatic heterocycles. The lowest BCUT2D eigenvalue weighted by Gasteiger charge is -2.11. The third-order valence-electron chi connectivity index (χ3n) is 3.90. The zero-order valence-corrected chi connectivity index (χ0v) is 17.3. The van der Waals surface area contributed by atoms with Crippen LogP contribution in [0.3, 0.4) is 0 Å². The normalized spacial score (nSPS) is 11.4. The van der Waals surface area contributed by atoms with Crippen LogP contribution in [0, 0.1) is 0 Å². The number of carbonyl (C=O) groups excluding carboxylic acids is 3. The van der Waals surface area contributed by atoms with Gasteiger partial charge in [-0.15, -0.1) is 0 Å². The molecular weight excluding hydrogens is 520 g/mol. The molecule has 0 saturated heterocycles. The molecule has 0 saturated carbocycles. The van der Waals surface area contributed by atoms with Crippen molar-refractivity contribution >= 4 is 54.8 Å². The van der Waals surface area contributed by atoms with Crippen LogP contribution in [-0.4, -0.2) is 37.5 Å². The Morgan fingerprint density at radius 1 is 1.23 bits per heavy atom. The first-order valence-corrected chi connectivity index (χ1v) is 9.30. The lowest BCUT2D eigenvalue weighted by molar-refractivity contribution is -0.141. The largest absolute Gasteiger partial charge is 0.465 e. The predicted molar refractivity (Wildman–Crippen MR) is 107 cm³/mol. The Balaban J connectivity index is 2.00. The van der Waals surface area contributed by atoms with Crippen molar-refractivity contribution in [3.05, 3.63) is 53.5 Å². The molecule has 0 bridgehead atoms. The first-order chi connectivity index (χ1) is 14.1. The minimum atomic E-state index is -4.71. The number of nitrogens with one attached hydrogen (secondary N) is 1. The van der Waals surface area contributed by atoms with E-state index in [9.17, 15) is 27.6 Å². The number of ether oxygens (including phenoxy) is 1. The molecule has 3 rings (SSSR count). The fourth-order valence-corrected chi connectivity index (χ4v) is 2.97. The number of hydrogen-bond acceptors (Lipinski definition) is 6. The third kappa shape index (κ3) is 4.75. The number of rotatable bonds is 5. The maximum Gasteiger partial charge on any atom is 0.433 e. The molecule has 12 heteroatoms. The van der Waals surface area contributed by atoms with E-state index in [4.69, 9.17) is 4.74 Å². The molecule has 156 valence electrons. The lowest BCUT2D eigenvalue weighted by Crippen LogP contribution is -2.18. The molecule has 0 atom stereocenters. The van der Waals surface area contributed by atoms with Gasteiger partial charge in [0.05, 0.1) is 23.9 Å². The van der Waals surface area contributed by atoms with E-state index in [1.54, 1.807) is 22.6 Å². The van der Waals surface area contributed by atoms with Crippen LogP contribution in [0.15, 0.2) is 36.5 Å². The zero-order chi connectivity index (χ0) is 22.1. The Labute approximate surface area is 180 Å². The number of aromatic nitrogens is 3. The quantitative estimate of drug-likeness (QED) is 0.307. The molecule has 2 heterocycles. The van der Waals surface area contributed by atoms with E-state index >= 15 is 0 Å². The Kier molecular flexibility index (Phi) is 6.05. The van der Waals surface area contributed by atoms with Crippen molar-refractivity contribution < 1.29 is 32.3 Å². The highest BCUT2D eigenvalue weighted by atomic mass is 127. The summed E-state index contributed by atoms with van der Waals surface area (Å²) in [5, 5.41) is 7.06. The van der Waals surface area contributed by atoms with Gasteiger partial charge in [0.25, 0.3) is 5.91 Å². The number of esters is 1. The maximum absolute atomic E-state index is 12.9. The Bertz CT molecular complexity index is 1160. The number of carbonyl (C=O) groups is 3. The van der Waals surface area contributed by atoms with E-state index in [2.05, 4.69) is 15.4 Å². The number of fused-ring (bicyclic) bond motifs is 1. The van der Waals surface area contributed by atoms with E-state index < -0.39 is 29.4 Å². The highest BCUT2D eigenvalue weighted by Crippen LogP contribution is 2.28. The van der Waals surface area contributed by atoms with E-state index in [1.807, 2.05) is 0 Å². The lowest BCUT2D eigenvalue weighted by atomic mass is 10.1. The Hall–Kier alpha value is -3.03. The molecule has 0 radical (unpaired) electrons. The first kappa shape index (κ1) is 21.7. The van der Waals surface area contributed by atoms with Crippen molar-refractivity contribution in [3.8, 4) is 0 Å². The van der Waals surface area contributed by atoms with Crippen LogP contribution in [0.4, 0.5) is 18.9 Å². The van der Waals surface area contributed by atoms with Crippen molar-refractivity contribution in [1.29, 1.82) is 0 Å². The monoisotopic (exact) mass is 532 g/mol. The number of alkyl halides is 3. The van der Waals surface area contributed by atoms with Gasteiger partial charge in [-0.3, -0.25) is 14.3 Å². The molecule has 1 N–H and O–H groups in total. The molecule has 1 amide bonds. The standard InChI is InChI=1S/C18H12F3IN4O4/c1-30-17(29)10-6-12-9(7-26(25-12)8-15(22)27)5-13(10)24-16(28)11-3-2-4-14(23-11)18(19,20)21/h2-7H,8H2,1H3,(H,24,28). The summed E-state index contributed by atoms with van der Waals surface area (Å²) in [7, 11) is 1.14. The smallest absolute Gasteiger partial charge is 0.433 e. The second kappa shape index (κ2) is 8.38. The minimum absolute atomic E-state index is 0.00101. The Morgan fingerprint density at radius 3 is 2.60 bits per heavy atom. The summed E-state index contributed by atoms with van der Waals surface area (Å²) in [5.74, 6) is -1.73. The number of halogens is 4. The average Bonchev–Trinajstić information content (AvgIpc) is 3.06. The summed E-state index contributed by atoms with van der Waals surface area (Å²) >= 11 is 1.61. The van der Waals surface area contributed by atoms with Crippen molar-refractivity contribution in [3.63, 3.8) is 0 Å². The van der Waals surface area contributed by atoms with Gasteiger partial charge in [0.2, 0.25) is 3.79 Å². The number of pyridine rings is 1. The van der Waals surface area contributed by atoms with Gasteiger partial charge in [-0.25, -0.2) is 9.78 Å². The fourth-order valence-electron chi connectivity index (χ4n) is 2.62. The SMILES string of the molecule is COC(=O)c1cc2nn(CC(=O)I)cc2cc1NC(=O)c1cccc(C(F)(F)F)n1. The Morgan fingerprint density at radius 2 is 1.97 bits per heavy atom. The van der Waals surface area contributed by atoms with Gasteiger partial charge < -0.3 is 10.1 Å². The van der Waals surface area contributed by atoms with Crippen LogP contribution >= 0.6 is 22.6 Å². The number of benzene rings is 1. The van der Waals surface area contributed by atoms with Crippen LogP contribution in [0.1, 0.15) is 26.5 Å². The van der Waals surface area contributed by atoms with Gasteiger partial charge in [0, 0.05) is 34.2 Å². The van der Waals surface area contributed by atoms with Crippen LogP contribution in [0.2, 0.25) is 0 Å². The molecule has 1 aromatic carbocycles. The summed E-state index contributed by atoms with van der Waals surface area (Å²) in [6, 6.07) is 5.68. The number of amides is 1. The van der Waals surface area contributed by atoms with E-state index in [0.717, 1.165) is 25.3 Å². The molecule has 0 fully saturated rings. The fraction of sp³-hybridized carbons (Fsp3) is 0.167. The summed E-state index contributed by atoms with van der Waals surface area (Å²) < 4.78 is 44.5. The van der Waals surface area contributed by atoms with Crippen molar-refractivity contribution in [1.82, 2.24) is 14.8 Å². The summed E-state index contributed by atoms with van der Waals surface area (Å²) in [5.41, 5.74) is -1.39. The second-order valence-electron chi connectivity index (χ2n) is 5.99. The van der Waals surface area contributed by atoms with E-state index in [1.165, 1.54) is 23.0 Å². The number of nitrogens with zero attached hydrogens (tertiary/aromatic N) is 3. The molecule has 3 aromatic rings. The van der Waals surface area contributed by atoms with Crippen LogP contribution in [-0.2, 0) is 22.3 Å². The molecule has 0 aliphatic rings. The molecule has 0 spiro atoms. The third-order valence-corrected chi connectivity index (χ3v) is 4.24. The zero-order valence-electron chi connectivity index (χ0n) is 15.2. The van der Waals surface area contributed by atoms with Gasteiger partial charge in [0.1, 0.15) is 17.9 Å². The molecule has 30 heavy (non-hydrogen) atoms. The predicted octanol–water partition coefficient (Wildman–Crippen LogP) is 3.45. The first-order valence-electron chi connectivity index (χ1n) is 8.22. The topological polar surface area (TPSA) is 103 Å². The van der Waals surface area contributed by atoms with Crippen LogP contribution < -0.4 is 5.32 Å². The average molecular weight is 532 g/mol. The summed E-state index contributed by atoms with van der Waals surface area (Å²) in [6.45, 7) is -0.00134. The molecule has 0 unspecified atom stereocenters. The van der Waals surface area contributed by atoms with E-state index in [-0.39, 0.29) is 21.6 Å². The van der Waals surface area contributed by atoms with Crippen LogP contribution in [0.5, 0.6) is 0 Å². The minimum Gasteiger partial charge on any atom is -0.465 e. The van der Waals surface area contributed by atoms with Crippen molar-refractivity contribution in [2.45, 2.75) is 12.7 Å². The van der Waals surface area contributed by atoms with Gasteiger partial charge in [0.15, 0.2) is 0 Å². The van der Waals surface area contributed by atoms with Gasteiger partial charge in [-0.1, -0.05) is 6.07 Å². The second-order valence-corrected chi connectivity index (χ2v) is 7.19. The summed E-state index contributed by atoms with van der Waals surface area (Å²) in [6.07, 6.45) is -3.18. The number of hydrogen-bond donors (Lipinski definition) is 1. The van der Waals surface area contributed by atoms with Crippen LogP contribution in [0.25, 0.3) is 10.9 Å². The highest BCUT2D eigenvalue weighted by molar-refractivity contribution is 14.1. The van der Waals surface area contributed by atoms with Gasteiger partial charge in [-0.2, -0.15) is 18.3 Å². The highest BCUT2D eigenvalue weighted by Gasteiger charge is 2.33. The van der Waals surface area contributed by atoms with Crippen molar-refractivity contribution in [2.75, 3.05) is 12.4 Å². The van der Waals surface area contributed by atoms with Crippen molar-refractivity contribution in [2.24, 2.45) is 0 Å². The van der Waals surface area contributed by atoms with Gasteiger partial charge in [-0.05, 0) is 24.3 Å². The number of methoxy groups -OCH3 is 1. The molecular formula is C18H12F3IN4O4.